The van der Waals surface area contributed by atoms with E-state index in [-0.39, 0.29) is 17.4 Å². The molecule has 8 heteroatoms. The van der Waals surface area contributed by atoms with Gasteiger partial charge in [0, 0.05) is 15.6 Å². The highest BCUT2D eigenvalue weighted by atomic mass is 79.9. The topological polar surface area (TPSA) is 80.2 Å². The molecular formula is C24H30Br2N2O4. The smallest absolute Gasteiger partial charge is 0.277 e. The van der Waals surface area contributed by atoms with Crippen molar-refractivity contribution in [1.29, 1.82) is 0 Å². The molecular weight excluding hydrogens is 540 g/mol. The van der Waals surface area contributed by atoms with Crippen LogP contribution in [0.1, 0.15) is 58.2 Å². The van der Waals surface area contributed by atoms with Crippen LogP contribution in [0.4, 0.5) is 0 Å². The Morgan fingerprint density at radius 3 is 2.12 bits per heavy atom. The second kappa shape index (κ2) is 10.3. The third-order valence-corrected chi connectivity index (χ3v) is 5.74. The molecule has 0 saturated carbocycles. The van der Waals surface area contributed by atoms with E-state index in [0.717, 1.165) is 21.2 Å². The molecule has 32 heavy (non-hydrogen) atoms. The molecule has 0 bridgehead atoms. The number of aromatic hydroxyl groups is 1. The highest BCUT2D eigenvalue weighted by Gasteiger charge is 2.26. The number of methoxy groups -OCH3 is 1. The van der Waals surface area contributed by atoms with Gasteiger partial charge in [-0.1, -0.05) is 57.5 Å². The Bertz CT molecular complexity index is 987. The molecule has 0 heterocycles. The van der Waals surface area contributed by atoms with Crippen molar-refractivity contribution in [3.8, 4) is 17.2 Å². The predicted molar refractivity (Wildman–Crippen MR) is 135 cm³/mol. The van der Waals surface area contributed by atoms with E-state index in [9.17, 15) is 9.90 Å². The summed E-state index contributed by atoms with van der Waals surface area (Å²) in [6.45, 7) is 12.0. The summed E-state index contributed by atoms with van der Waals surface area (Å²) >= 11 is 6.79. The zero-order valence-electron chi connectivity index (χ0n) is 19.5. The first-order valence-electron chi connectivity index (χ1n) is 10.1. The normalized spacial score (nSPS) is 12.2. The van der Waals surface area contributed by atoms with Crippen molar-refractivity contribution in [3.63, 3.8) is 0 Å². The Morgan fingerprint density at radius 2 is 1.62 bits per heavy atom. The molecule has 2 aromatic carbocycles. The van der Waals surface area contributed by atoms with E-state index in [2.05, 4.69) is 42.4 Å². The van der Waals surface area contributed by atoms with Gasteiger partial charge in [0.05, 0.1) is 17.8 Å². The zero-order valence-corrected chi connectivity index (χ0v) is 22.6. The summed E-state index contributed by atoms with van der Waals surface area (Å²) in [6.07, 6.45) is 1.57. The molecule has 2 aromatic rings. The van der Waals surface area contributed by atoms with Crippen molar-refractivity contribution in [3.05, 3.63) is 49.9 Å². The highest BCUT2D eigenvalue weighted by molar-refractivity contribution is 9.11. The number of hydrazone groups is 1. The molecule has 0 spiro atoms. The molecule has 0 saturated heterocycles. The number of rotatable bonds is 6. The van der Waals surface area contributed by atoms with Crippen molar-refractivity contribution in [1.82, 2.24) is 5.43 Å². The van der Waals surface area contributed by atoms with Crippen molar-refractivity contribution >= 4 is 44.0 Å². The van der Waals surface area contributed by atoms with Crippen LogP contribution in [0.2, 0.25) is 0 Å². The van der Waals surface area contributed by atoms with E-state index < -0.39 is 5.91 Å². The largest absolute Gasteiger partial charge is 0.507 e. The van der Waals surface area contributed by atoms with Crippen LogP contribution >= 0.6 is 31.9 Å². The maximum absolute atomic E-state index is 12.2. The number of hydrogen-bond acceptors (Lipinski definition) is 5. The predicted octanol–water partition coefficient (Wildman–Crippen LogP) is 6.05. The van der Waals surface area contributed by atoms with Crippen LogP contribution in [0.25, 0.3) is 0 Å². The number of nitrogens with zero attached hydrogens (tertiary/aromatic N) is 1. The quantitative estimate of drug-likeness (QED) is 0.328. The van der Waals surface area contributed by atoms with Crippen LogP contribution in [0.3, 0.4) is 0 Å². The molecule has 2 rings (SSSR count). The van der Waals surface area contributed by atoms with Gasteiger partial charge in [-0.2, -0.15) is 5.10 Å². The van der Waals surface area contributed by atoms with Gasteiger partial charge in [-0.3, -0.25) is 4.79 Å². The van der Waals surface area contributed by atoms with E-state index >= 15 is 0 Å². The molecule has 2 N–H and O–H groups in total. The van der Waals surface area contributed by atoms with Crippen molar-refractivity contribution < 1.29 is 19.4 Å². The van der Waals surface area contributed by atoms with Gasteiger partial charge in [0.15, 0.2) is 18.1 Å². The number of phenolic OH excluding ortho intramolecular Hbond substituents is 1. The molecule has 0 aliphatic heterocycles. The number of hydrogen-bond donors (Lipinski definition) is 2. The minimum atomic E-state index is -0.413. The average molecular weight is 570 g/mol. The minimum Gasteiger partial charge on any atom is -0.507 e. The maximum Gasteiger partial charge on any atom is 0.277 e. The number of halogens is 2. The number of benzene rings is 2. The first kappa shape index (κ1) is 26.2. The zero-order chi connectivity index (χ0) is 24.3. The van der Waals surface area contributed by atoms with Gasteiger partial charge >= 0.3 is 0 Å². The summed E-state index contributed by atoms with van der Waals surface area (Å²) in [5.74, 6) is 0.812. The number of ether oxygens (including phenoxy) is 2. The monoisotopic (exact) mass is 568 g/mol. The number of amides is 1. The van der Waals surface area contributed by atoms with E-state index in [0.29, 0.717) is 21.7 Å². The molecule has 0 aliphatic carbocycles. The van der Waals surface area contributed by atoms with Crippen molar-refractivity contribution in [2.24, 2.45) is 5.10 Å². The number of nitrogens with one attached hydrogen (secondary N) is 1. The number of carbonyl (C=O) groups is 1. The van der Waals surface area contributed by atoms with Crippen LogP contribution in [0, 0.1) is 0 Å². The summed E-state index contributed by atoms with van der Waals surface area (Å²) in [5, 5.41) is 14.9. The van der Waals surface area contributed by atoms with E-state index in [1.54, 1.807) is 18.3 Å². The first-order valence-corrected chi connectivity index (χ1v) is 11.7. The molecule has 0 fully saturated rings. The fraction of sp³-hybridized carbons (Fsp3) is 0.417. The summed E-state index contributed by atoms with van der Waals surface area (Å²) < 4.78 is 12.4. The van der Waals surface area contributed by atoms with Gasteiger partial charge in [0.25, 0.3) is 5.91 Å². The fourth-order valence-electron chi connectivity index (χ4n) is 3.05. The second-order valence-corrected chi connectivity index (χ2v) is 11.2. The maximum atomic E-state index is 12.2. The lowest BCUT2D eigenvalue weighted by Crippen LogP contribution is -2.25. The average Bonchev–Trinajstić information content (AvgIpc) is 2.65. The van der Waals surface area contributed by atoms with E-state index in [1.807, 2.05) is 53.7 Å². The van der Waals surface area contributed by atoms with Crippen LogP contribution in [-0.2, 0) is 15.6 Å². The summed E-state index contributed by atoms with van der Waals surface area (Å²) in [5.41, 5.74) is 4.42. The molecule has 0 unspecified atom stereocenters. The van der Waals surface area contributed by atoms with Gasteiger partial charge < -0.3 is 14.6 Å². The second-order valence-electron chi connectivity index (χ2n) is 9.47. The van der Waals surface area contributed by atoms with Gasteiger partial charge in [-0.15, -0.1) is 0 Å². The SMILES string of the molecule is COc1cc(Br)cc(Br)c1OCC(=O)N/N=C/c1cc(C(C)(C)C)c(O)c(C(C)(C)C)c1. The Morgan fingerprint density at radius 1 is 1.06 bits per heavy atom. The molecule has 0 aromatic heterocycles. The first-order chi connectivity index (χ1) is 14.7. The van der Waals surface area contributed by atoms with Crippen LogP contribution in [0.15, 0.2) is 38.3 Å². The molecule has 0 radical (unpaired) electrons. The Hall–Kier alpha value is -2.06. The highest BCUT2D eigenvalue weighted by Crippen LogP contribution is 2.40. The fourth-order valence-corrected chi connectivity index (χ4v) is 4.35. The number of carbonyl (C=O) groups excluding carboxylic acids is 1. The van der Waals surface area contributed by atoms with Gasteiger partial charge in [0.1, 0.15) is 5.75 Å². The van der Waals surface area contributed by atoms with Crippen LogP contribution in [-0.4, -0.2) is 30.9 Å². The van der Waals surface area contributed by atoms with Crippen molar-refractivity contribution in [2.45, 2.75) is 52.4 Å². The van der Waals surface area contributed by atoms with E-state index in [1.165, 1.54) is 7.11 Å². The number of phenols is 1. The Balaban J connectivity index is 2.15. The standard InChI is InChI=1S/C24H30Br2N2O4/c1-23(2,3)16-8-14(9-17(21(16)30)24(4,5)6)12-27-28-20(29)13-32-22-18(26)10-15(25)11-19(22)31-7/h8-12,30H,13H2,1-7H3,(H,28,29)/b27-12+. The van der Waals surface area contributed by atoms with Gasteiger partial charge in [-0.05, 0) is 56.6 Å². The third-order valence-electron chi connectivity index (χ3n) is 4.69. The lowest BCUT2D eigenvalue weighted by atomic mass is 9.78. The molecule has 0 atom stereocenters. The molecule has 1 amide bonds. The summed E-state index contributed by atoms with van der Waals surface area (Å²) in [6, 6.07) is 7.33. The molecule has 174 valence electrons. The lowest BCUT2D eigenvalue weighted by Gasteiger charge is -2.27. The Kier molecular flexibility index (Phi) is 8.39. The van der Waals surface area contributed by atoms with Gasteiger partial charge in [-0.25, -0.2) is 5.43 Å². The third kappa shape index (κ3) is 6.72. The summed E-state index contributed by atoms with van der Waals surface area (Å²) in [7, 11) is 1.53. The molecule has 0 aliphatic rings. The minimum absolute atomic E-state index is 0.232. The van der Waals surface area contributed by atoms with Gasteiger partial charge in [0.2, 0.25) is 0 Å². The Labute approximate surface area is 206 Å². The van der Waals surface area contributed by atoms with Crippen LogP contribution < -0.4 is 14.9 Å². The van der Waals surface area contributed by atoms with Crippen LogP contribution in [0.5, 0.6) is 17.2 Å². The van der Waals surface area contributed by atoms with E-state index in [4.69, 9.17) is 9.47 Å². The molecule has 6 nitrogen and oxygen atoms in total. The van der Waals surface area contributed by atoms with Crippen molar-refractivity contribution in [2.75, 3.05) is 13.7 Å². The lowest BCUT2D eigenvalue weighted by molar-refractivity contribution is -0.123. The summed E-state index contributed by atoms with van der Waals surface area (Å²) in [4.78, 5) is 12.2.